The zero-order valence-electron chi connectivity index (χ0n) is 8.88. The summed E-state index contributed by atoms with van der Waals surface area (Å²) >= 11 is 5.33. The summed E-state index contributed by atoms with van der Waals surface area (Å²) in [5.74, 6) is 0. The molecule has 2 nitrogen and oxygen atoms in total. The normalized spacial score (nSPS) is 11.6. The molecular formula is C12H7ClF3NO. The number of H-pyrrole nitrogens is 1. The first-order chi connectivity index (χ1) is 8.41. The van der Waals surface area contributed by atoms with Crippen molar-refractivity contribution < 1.29 is 18.0 Å². The van der Waals surface area contributed by atoms with Gasteiger partial charge >= 0.3 is 6.18 Å². The van der Waals surface area contributed by atoms with Gasteiger partial charge < -0.3 is 4.98 Å². The maximum absolute atomic E-state index is 12.8. The van der Waals surface area contributed by atoms with Gasteiger partial charge in [0.25, 0.3) is 5.24 Å². The second-order valence-electron chi connectivity index (χ2n) is 3.60. The lowest BCUT2D eigenvalue weighted by molar-refractivity contribution is -0.137. The van der Waals surface area contributed by atoms with Crippen LogP contribution in [0.4, 0.5) is 13.2 Å². The molecular weight excluding hydrogens is 267 g/mol. The molecule has 0 bridgehead atoms. The lowest BCUT2D eigenvalue weighted by atomic mass is 9.99. The first-order valence-corrected chi connectivity index (χ1v) is 5.32. The van der Waals surface area contributed by atoms with E-state index in [-0.39, 0.29) is 16.7 Å². The topological polar surface area (TPSA) is 32.9 Å². The number of nitrogens with one attached hydrogen (secondary N) is 1. The van der Waals surface area contributed by atoms with Gasteiger partial charge in [-0.25, -0.2) is 0 Å². The maximum Gasteiger partial charge on any atom is 0.417 e. The molecule has 18 heavy (non-hydrogen) atoms. The fourth-order valence-corrected chi connectivity index (χ4v) is 1.87. The van der Waals surface area contributed by atoms with E-state index < -0.39 is 17.0 Å². The molecule has 0 fully saturated rings. The van der Waals surface area contributed by atoms with Gasteiger partial charge in [-0.15, -0.1) is 0 Å². The van der Waals surface area contributed by atoms with Gasteiger partial charge in [0, 0.05) is 18.0 Å². The van der Waals surface area contributed by atoms with Gasteiger partial charge in [-0.2, -0.15) is 13.2 Å². The van der Waals surface area contributed by atoms with Crippen molar-refractivity contribution in [3.05, 3.63) is 47.8 Å². The second-order valence-corrected chi connectivity index (χ2v) is 3.94. The summed E-state index contributed by atoms with van der Waals surface area (Å²) in [4.78, 5) is 13.7. The van der Waals surface area contributed by atoms with E-state index in [1.165, 1.54) is 30.6 Å². The van der Waals surface area contributed by atoms with Crippen molar-refractivity contribution in [1.82, 2.24) is 4.98 Å². The van der Waals surface area contributed by atoms with Crippen molar-refractivity contribution in [2.75, 3.05) is 0 Å². The standard InChI is InChI=1S/C12H7ClF3NO/c13-11(18)9-6-17-5-8(9)7-3-1-2-4-10(7)12(14,15)16/h1-6,17H. The fraction of sp³-hybridized carbons (Fsp3) is 0.0833. The summed E-state index contributed by atoms with van der Waals surface area (Å²) in [5.41, 5.74) is -0.713. The molecule has 94 valence electrons. The number of carbonyl (C=O) groups is 1. The molecule has 0 aliphatic carbocycles. The molecule has 2 rings (SSSR count). The summed E-state index contributed by atoms with van der Waals surface area (Å²) in [7, 11) is 0. The molecule has 0 amide bonds. The number of benzene rings is 1. The van der Waals surface area contributed by atoms with Crippen LogP contribution in [-0.2, 0) is 6.18 Å². The minimum Gasteiger partial charge on any atom is -0.366 e. The average molecular weight is 274 g/mol. The maximum atomic E-state index is 12.8. The number of aromatic nitrogens is 1. The molecule has 1 N–H and O–H groups in total. The van der Waals surface area contributed by atoms with Gasteiger partial charge in [-0.3, -0.25) is 4.79 Å². The minimum absolute atomic E-state index is 0.0216. The molecule has 6 heteroatoms. The van der Waals surface area contributed by atoms with Crippen LogP contribution in [-0.4, -0.2) is 10.2 Å². The number of carbonyl (C=O) groups excluding carboxylic acids is 1. The van der Waals surface area contributed by atoms with Crippen LogP contribution in [0.15, 0.2) is 36.7 Å². The van der Waals surface area contributed by atoms with Crippen molar-refractivity contribution in [3.63, 3.8) is 0 Å². The molecule has 0 radical (unpaired) electrons. The lowest BCUT2D eigenvalue weighted by Crippen LogP contribution is -2.07. The van der Waals surface area contributed by atoms with Crippen LogP contribution >= 0.6 is 11.6 Å². The highest BCUT2D eigenvalue weighted by Crippen LogP contribution is 2.38. The number of hydrogen-bond acceptors (Lipinski definition) is 1. The van der Waals surface area contributed by atoms with Crippen molar-refractivity contribution in [2.45, 2.75) is 6.18 Å². The van der Waals surface area contributed by atoms with Crippen LogP contribution in [0, 0.1) is 0 Å². The lowest BCUT2D eigenvalue weighted by Gasteiger charge is -2.12. The Morgan fingerprint density at radius 3 is 2.39 bits per heavy atom. The predicted molar refractivity (Wildman–Crippen MR) is 61.4 cm³/mol. The Kier molecular flexibility index (Phi) is 3.17. The Bertz CT molecular complexity index is 589. The van der Waals surface area contributed by atoms with E-state index in [0.29, 0.717) is 0 Å². The quantitative estimate of drug-likeness (QED) is 0.822. The Balaban J connectivity index is 2.65. The number of aromatic amines is 1. The molecule has 0 atom stereocenters. The molecule has 1 aromatic heterocycles. The Morgan fingerprint density at radius 2 is 1.78 bits per heavy atom. The van der Waals surface area contributed by atoms with Gasteiger partial charge in [0.1, 0.15) is 0 Å². The number of hydrogen-bond donors (Lipinski definition) is 1. The smallest absolute Gasteiger partial charge is 0.366 e. The summed E-state index contributed by atoms with van der Waals surface area (Å²) in [6, 6.07) is 5.03. The molecule has 0 saturated heterocycles. The highest BCUT2D eigenvalue weighted by molar-refractivity contribution is 6.68. The average Bonchev–Trinajstić information content (AvgIpc) is 2.76. The minimum atomic E-state index is -4.49. The molecule has 1 aromatic carbocycles. The largest absolute Gasteiger partial charge is 0.417 e. The molecule has 2 aromatic rings. The summed E-state index contributed by atoms with van der Waals surface area (Å²) < 4.78 is 38.5. The van der Waals surface area contributed by atoms with E-state index in [0.717, 1.165) is 6.07 Å². The van der Waals surface area contributed by atoms with Crippen LogP contribution in [0.25, 0.3) is 11.1 Å². The van der Waals surface area contributed by atoms with Crippen molar-refractivity contribution >= 4 is 16.8 Å². The van der Waals surface area contributed by atoms with Gasteiger partial charge in [-0.05, 0) is 23.2 Å². The molecule has 0 aliphatic heterocycles. The zero-order chi connectivity index (χ0) is 13.3. The van der Waals surface area contributed by atoms with Crippen LogP contribution < -0.4 is 0 Å². The van der Waals surface area contributed by atoms with E-state index in [4.69, 9.17) is 11.6 Å². The Hall–Kier alpha value is -1.75. The molecule has 0 saturated carbocycles. The summed E-state index contributed by atoms with van der Waals surface area (Å²) in [6.45, 7) is 0. The Labute approximate surface area is 105 Å². The van der Waals surface area contributed by atoms with E-state index >= 15 is 0 Å². The van der Waals surface area contributed by atoms with Gasteiger partial charge in [0.05, 0.1) is 11.1 Å². The fourth-order valence-electron chi connectivity index (χ4n) is 1.71. The van der Waals surface area contributed by atoms with E-state index in [1.54, 1.807) is 0 Å². The summed E-state index contributed by atoms with van der Waals surface area (Å²) in [5, 5.41) is -0.803. The predicted octanol–water partition coefficient (Wildman–Crippen LogP) is 4.08. The van der Waals surface area contributed by atoms with Crippen LogP contribution in [0.1, 0.15) is 15.9 Å². The Morgan fingerprint density at radius 1 is 1.11 bits per heavy atom. The first-order valence-electron chi connectivity index (χ1n) is 4.94. The third kappa shape index (κ3) is 2.26. The monoisotopic (exact) mass is 273 g/mol. The highest BCUT2D eigenvalue weighted by Gasteiger charge is 2.34. The van der Waals surface area contributed by atoms with E-state index in [1.807, 2.05) is 0 Å². The highest BCUT2D eigenvalue weighted by atomic mass is 35.5. The second kappa shape index (κ2) is 4.49. The van der Waals surface area contributed by atoms with Gasteiger partial charge in [-0.1, -0.05) is 18.2 Å². The van der Waals surface area contributed by atoms with Crippen molar-refractivity contribution in [3.8, 4) is 11.1 Å². The number of rotatable bonds is 2. The van der Waals surface area contributed by atoms with Gasteiger partial charge in [0.15, 0.2) is 0 Å². The number of alkyl halides is 3. The van der Waals surface area contributed by atoms with Crippen LogP contribution in [0.5, 0.6) is 0 Å². The van der Waals surface area contributed by atoms with E-state index in [9.17, 15) is 18.0 Å². The SMILES string of the molecule is O=C(Cl)c1c[nH]cc1-c1ccccc1C(F)(F)F. The third-order valence-corrected chi connectivity index (χ3v) is 2.68. The van der Waals surface area contributed by atoms with E-state index in [2.05, 4.69) is 4.98 Å². The third-order valence-electron chi connectivity index (χ3n) is 2.48. The van der Waals surface area contributed by atoms with Gasteiger partial charge in [0.2, 0.25) is 0 Å². The summed E-state index contributed by atoms with van der Waals surface area (Å²) in [6.07, 6.45) is -1.89. The van der Waals surface area contributed by atoms with Crippen molar-refractivity contribution in [1.29, 1.82) is 0 Å². The van der Waals surface area contributed by atoms with Crippen molar-refractivity contribution in [2.24, 2.45) is 0 Å². The molecule has 0 unspecified atom stereocenters. The number of halogens is 4. The van der Waals surface area contributed by atoms with Crippen LogP contribution in [0.2, 0.25) is 0 Å². The first kappa shape index (κ1) is 12.7. The molecule has 1 heterocycles. The van der Waals surface area contributed by atoms with Crippen LogP contribution in [0.3, 0.4) is 0 Å². The zero-order valence-corrected chi connectivity index (χ0v) is 9.64. The molecule has 0 spiro atoms. The molecule has 0 aliphatic rings.